The van der Waals surface area contributed by atoms with Crippen molar-refractivity contribution in [2.24, 2.45) is 0 Å². The summed E-state index contributed by atoms with van der Waals surface area (Å²) < 4.78 is 29.9. The highest BCUT2D eigenvalue weighted by Gasteiger charge is 2.36. The van der Waals surface area contributed by atoms with Crippen LogP contribution in [0.15, 0.2) is 65.3 Å². The average molecular weight is 467 g/mol. The maximum absolute atomic E-state index is 13.7. The summed E-state index contributed by atoms with van der Waals surface area (Å²) in [4.78, 5) is 28.7. The quantitative estimate of drug-likeness (QED) is 0.512. The van der Waals surface area contributed by atoms with Gasteiger partial charge in [0, 0.05) is 11.7 Å². The Labute approximate surface area is 197 Å². The van der Waals surface area contributed by atoms with Crippen LogP contribution in [0.4, 0.5) is 10.1 Å². The smallest absolute Gasteiger partial charge is 0.294 e. The van der Waals surface area contributed by atoms with E-state index in [2.05, 4.69) is 5.32 Å². The second-order valence-electron chi connectivity index (χ2n) is 8.14. The fourth-order valence-electron chi connectivity index (χ4n) is 4.30. The van der Waals surface area contributed by atoms with Gasteiger partial charge in [-0.25, -0.2) is 4.39 Å². The van der Waals surface area contributed by atoms with Crippen LogP contribution in [0.5, 0.6) is 11.5 Å². The van der Waals surface area contributed by atoms with Crippen LogP contribution >= 0.6 is 0 Å². The van der Waals surface area contributed by atoms with Crippen LogP contribution in [0.25, 0.3) is 0 Å². The largest absolute Gasteiger partial charge is 0.493 e. The molecule has 2 aromatic carbocycles. The summed E-state index contributed by atoms with van der Waals surface area (Å²) in [5.41, 5.74) is 0.863. The molecule has 0 bridgehead atoms. The molecule has 1 aromatic heterocycles. The minimum atomic E-state index is -1.07. The molecule has 0 unspecified atom stereocenters. The molecule has 1 heterocycles. The Morgan fingerprint density at radius 2 is 1.74 bits per heavy atom. The van der Waals surface area contributed by atoms with E-state index in [1.165, 1.54) is 55.7 Å². The number of ether oxygens (including phenoxy) is 2. The predicted octanol–water partition coefficient (Wildman–Crippen LogP) is 4.88. The lowest BCUT2D eigenvalue weighted by molar-refractivity contribution is -0.123. The molecule has 2 amide bonds. The number of rotatable bonds is 8. The molecule has 0 saturated heterocycles. The van der Waals surface area contributed by atoms with Gasteiger partial charge < -0.3 is 19.2 Å². The Hall–Kier alpha value is -3.81. The number of nitrogens with one attached hydrogen (secondary N) is 1. The lowest BCUT2D eigenvalue weighted by Gasteiger charge is -2.32. The lowest BCUT2D eigenvalue weighted by Crippen LogP contribution is -2.46. The topological polar surface area (TPSA) is 81.0 Å². The second kappa shape index (κ2) is 10.4. The molecule has 4 rings (SSSR count). The van der Waals surface area contributed by atoms with Crippen molar-refractivity contribution in [3.05, 3.63) is 78.0 Å². The SMILES string of the molecule is COc1ccc([C@@H](C(=O)NC2CCCC2)N(C(=O)c2ccco2)c2ccc(F)cc2)cc1OC. The number of hydrogen-bond acceptors (Lipinski definition) is 5. The number of furan rings is 1. The standard InChI is InChI=1S/C26H27FN2O5/c1-32-21-14-9-17(16-23(21)33-2)24(25(30)28-19-6-3-4-7-19)29(20-12-10-18(27)11-13-20)26(31)22-8-5-15-34-22/h5,8-16,19,24H,3-4,6-7H2,1-2H3,(H,28,30)/t24-/m0/s1. The van der Waals surface area contributed by atoms with E-state index in [-0.39, 0.29) is 17.7 Å². The van der Waals surface area contributed by atoms with Gasteiger partial charge in [0.15, 0.2) is 17.3 Å². The first-order chi connectivity index (χ1) is 16.5. The third-order valence-corrected chi connectivity index (χ3v) is 5.99. The first kappa shape index (κ1) is 23.4. The molecular weight excluding hydrogens is 439 g/mol. The van der Waals surface area contributed by atoms with Crippen LogP contribution in [-0.2, 0) is 4.79 Å². The fourth-order valence-corrected chi connectivity index (χ4v) is 4.30. The molecule has 34 heavy (non-hydrogen) atoms. The Balaban J connectivity index is 1.84. The van der Waals surface area contributed by atoms with Crippen molar-refractivity contribution < 1.29 is 27.9 Å². The summed E-state index contributed by atoms with van der Waals surface area (Å²) in [7, 11) is 3.02. The van der Waals surface area contributed by atoms with Gasteiger partial charge in [-0.1, -0.05) is 18.9 Å². The van der Waals surface area contributed by atoms with Crippen LogP contribution in [-0.4, -0.2) is 32.1 Å². The van der Waals surface area contributed by atoms with Gasteiger partial charge in [0.1, 0.15) is 11.9 Å². The third-order valence-electron chi connectivity index (χ3n) is 5.99. The molecule has 1 fully saturated rings. The molecule has 0 spiro atoms. The summed E-state index contributed by atoms with van der Waals surface area (Å²) in [6, 6.07) is 12.6. The van der Waals surface area contributed by atoms with E-state index in [1.54, 1.807) is 24.3 Å². The first-order valence-corrected chi connectivity index (χ1v) is 11.2. The first-order valence-electron chi connectivity index (χ1n) is 11.2. The number of carbonyl (C=O) groups excluding carboxylic acids is 2. The van der Waals surface area contributed by atoms with Crippen molar-refractivity contribution in [2.75, 3.05) is 19.1 Å². The van der Waals surface area contributed by atoms with E-state index in [0.717, 1.165) is 25.7 Å². The van der Waals surface area contributed by atoms with Crippen molar-refractivity contribution >= 4 is 17.5 Å². The van der Waals surface area contributed by atoms with E-state index in [1.807, 2.05) is 0 Å². The van der Waals surface area contributed by atoms with Crippen LogP contribution in [0.1, 0.15) is 47.8 Å². The summed E-state index contributed by atoms with van der Waals surface area (Å²) in [6.45, 7) is 0. The molecule has 1 N–H and O–H groups in total. The Morgan fingerprint density at radius 1 is 1.03 bits per heavy atom. The van der Waals surface area contributed by atoms with Crippen LogP contribution in [0.3, 0.4) is 0 Å². The highest BCUT2D eigenvalue weighted by molar-refractivity contribution is 6.08. The number of nitrogens with zero attached hydrogens (tertiary/aromatic N) is 1. The maximum atomic E-state index is 13.7. The number of halogens is 1. The number of amides is 2. The molecule has 3 aromatic rings. The van der Waals surface area contributed by atoms with Gasteiger partial charge in [0.05, 0.1) is 20.5 Å². The van der Waals surface area contributed by atoms with E-state index in [9.17, 15) is 14.0 Å². The number of anilines is 1. The Kier molecular flexibility index (Phi) is 7.15. The van der Waals surface area contributed by atoms with Gasteiger partial charge in [0.25, 0.3) is 5.91 Å². The van der Waals surface area contributed by atoms with E-state index in [4.69, 9.17) is 13.9 Å². The molecule has 178 valence electrons. The molecule has 1 atom stereocenters. The minimum absolute atomic E-state index is 0.0314. The molecule has 1 aliphatic carbocycles. The van der Waals surface area contributed by atoms with Crippen molar-refractivity contribution in [2.45, 2.75) is 37.8 Å². The van der Waals surface area contributed by atoms with E-state index in [0.29, 0.717) is 22.7 Å². The van der Waals surface area contributed by atoms with Crippen LogP contribution in [0, 0.1) is 5.82 Å². The van der Waals surface area contributed by atoms with Crippen molar-refractivity contribution in [3.8, 4) is 11.5 Å². The van der Waals surface area contributed by atoms with Gasteiger partial charge in [-0.3, -0.25) is 14.5 Å². The van der Waals surface area contributed by atoms with Crippen LogP contribution in [0.2, 0.25) is 0 Å². The fraction of sp³-hybridized carbons (Fsp3) is 0.308. The molecule has 1 aliphatic rings. The van der Waals surface area contributed by atoms with Crippen molar-refractivity contribution in [1.82, 2.24) is 5.32 Å². The summed E-state index contributed by atoms with van der Waals surface area (Å²) in [5.74, 6) is -0.355. The molecule has 1 saturated carbocycles. The second-order valence-corrected chi connectivity index (χ2v) is 8.14. The molecule has 0 aliphatic heterocycles. The van der Waals surface area contributed by atoms with Crippen molar-refractivity contribution in [1.29, 1.82) is 0 Å². The molecule has 0 radical (unpaired) electrons. The zero-order valence-corrected chi connectivity index (χ0v) is 19.1. The van der Waals surface area contributed by atoms with Gasteiger partial charge in [-0.2, -0.15) is 0 Å². The highest BCUT2D eigenvalue weighted by atomic mass is 19.1. The molecular formula is C26H27FN2O5. The van der Waals surface area contributed by atoms with Crippen molar-refractivity contribution in [3.63, 3.8) is 0 Å². The third kappa shape index (κ3) is 4.90. The predicted molar refractivity (Wildman–Crippen MR) is 125 cm³/mol. The van der Waals surface area contributed by atoms with Crippen LogP contribution < -0.4 is 19.7 Å². The highest BCUT2D eigenvalue weighted by Crippen LogP contribution is 2.35. The molecule has 8 heteroatoms. The molecule has 7 nitrogen and oxygen atoms in total. The van der Waals surface area contributed by atoms with Gasteiger partial charge in [0.2, 0.25) is 5.91 Å². The normalized spacial score (nSPS) is 14.4. The maximum Gasteiger partial charge on any atom is 0.294 e. The van der Waals surface area contributed by atoms with E-state index >= 15 is 0 Å². The summed E-state index contributed by atoms with van der Waals surface area (Å²) in [6.07, 6.45) is 5.23. The summed E-state index contributed by atoms with van der Waals surface area (Å²) >= 11 is 0. The number of carbonyl (C=O) groups is 2. The Morgan fingerprint density at radius 3 is 2.35 bits per heavy atom. The number of hydrogen-bond donors (Lipinski definition) is 1. The zero-order chi connectivity index (χ0) is 24.1. The zero-order valence-electron chi connectivity index (χ0n) is 19.1. The minimum Gasteiger partial charge on any atom is -0.493 e. The van der Waals surface area contributed by atoms with E-state index < -0.39 is 17.8 Å². The number of benzene rings is 2. The average Bonchev–Trinajstić information content (AvgIpc) is 3.57. The Bertz CT molecular complexity index is 1120. The van der Waals surface area contributed by atoms with Gasteiger partial charge in [-0.05, 0) is 66.9 Å². The lowest BCUT2D eigenvalue weighted by atomic mass is 10.0. The van der Waals surface area contributed by atoms with Gasteiger partial charge >= 0.3 is 0 Å². The monoisotopic (exact) mass is 466 g/mol. The number of methoxy groups -OCH3 is 2. The van der Waals surface area contributed by atoms with Gasteiger partial charge in [-0.15, -0.1) is 0 Å². The summed E-state index contributed by atoms with van der Waals surface area (Å²) in [5, 5.41) is 3.10.